The topological polar surface area (TPSA) is 60.1 Å². The molecule has 1 aromatic carbocycles. The third-order valence-corrected chi connectivity index (χ3v) is 3.27. The van der Waals surface area contributed by atoms with Crippen molar-refractivity contribution in [2.75, 3.05) is 0 Å². The largest absolute Gasteiger partial charge is 0.503 e. The van der Waals surface area contributed by atoms with Gasteiger partial charge in [0.15, 0.2) is 5.75 Å². The van der Waals surface area contributed by atoms with Gasteiger partial charge >= 0.3 is 0 Å². The zero-order valence-electron chi connectivity index (χ0n) is 10.7. The van der Waals surface area contributed by atoms with Crippen molar-refractivity contribution in [1.29, 1.82) is 0 Å². The minimum Gasteiger partial charge on any atom is -0.503 e. The Hall–Kier alpha value is -2.56. The zero-order chi connectivity index (χ0) is 13.6. The second kappa shape index (κ2) is 3.98. The molecule has 2 aromatic heterocycles. The van der Waals surface area contributed by atoms with Gasteiger partial charge in [-0.25, -0.2) is 0 Å². The Morgan fingerprint density at radius 2 is 1.95 bits per heavy atom. The maximum atomic E-state index is 12.1. The van der Waals surface area contributed by atoms with Crippen LogP contribution in [0.1, 0.15) is 0 Å². The van der Waals surface area contributed by atoms with E-state index in [1.165, 1.54) is 4.57 Å². The van der Waals surface area contributed by atoms with E-state index in [0.29, 0.717) is 5.56 Å². The fourth-order valence-corrected chi connectivity index (χ4v) is 2.32. The van der Waals surface area contributed by atoms with Gasteiger partial charge in [0.2, 0.25) is 0 Å². The highest BCUT2D eigenvalue weighted by Crippen LogP contribution is 2.33. The van der Waals surface area contributed by atoms with Crippen LogP contribution in [0.4, 0.5) is 0 Å². The lowest BCUT2D eigenvalue weighted by molar-refractivity contribution is 0.465. The van der Waals surface area contributed by atoms with E-state index in [1.54, 1.807) is 31.2 Å². The average Bonchev–Trinajstić information content (AvgIpc) is 2.83. The molecule has 3 aromatic rings. The molecule has 0 aliphatic rings. The van der Waals surface area contributed by atoms with E-state index in [2.05, 4.69) is 5.10 Å². The highest BCUT2D eigenvalue weighted by Gasteiger charge is 2.16. The summed E-state index contributed by atoms with van der Waals surface area (Å²) in [6.45, 7) is 0. The van der Waals surface area contributed by atoms with Crippen molar-refractivity contribution in [3.63, 3.8) is 0 Å². The fraction of sp³-hybridized carbons (Fsp3) is 0.143. The smallest absolute Gasteiger partial charge is 0.293 e. The summed E-state index contributed by atoms with van der Waals surface area (Å²) < 4.78 is 3.09. The summed E-state index contributed by atoms with van der Waals surface area (Å²) in [6.07, 6.45) is 3.42. The number of pyridine rings is 1. The highest BCUT2D eigenvalue weighted by atomic mass is 16.3. The van der Waals surface area contributed by atoms with Gasteiger partial charge in [0.05, 0.1) is 11.7 Å². The Labute approximate surface area is 109 Å². The number of para-hydroxylation sites is 1. The van der Waals surface area contributed by atoms with Gasteiger partial charge in [-0.05, 0) is 6.07 Å². The molecule has 0 unspecified atom stereocenters. The van der Waals surface area contributed by atoms with Crippen molar-refractivity contribution in [2.24, 2.45) is 14.1 Å². The van der Waals surface area contributed by atoms with E-state index in [4.69, 9.17) is 0 Å². The van der Waals surface area contributed by atoms with E-state index < -0.39 is 5.56 Å². The van der Waals surface area contributed by atoms with E-state index in [9.17, 15) is 9.90 Å². The van der Waals surface area contributed by atoms with Gasteiger partial charge in [-0.2, -0.15) is 5.10 Å². The molecule has 0 radical (unpaired) electrons. The Morgan fingerprint density at radius 3 is 2.63 bits per heavy atom. The molecule has 96 valence electrons. The molecule has 0 atom stereocenters. The molecular weight excluding hydrogens is 242 g/mol. The summed E-state index contributed by atoms with van der Waals surface area (Å²) in [5.74, 6) is -0.241. The summed E-state index contributed by atoms with van der Waals surface area (Å²) in [5, 5.41) is 15.1. The number of hydrogen-bond acceptors (Lipinski definition) is 3. The van der Waals surface area contributed by atoms with Gasteiger partial charge in [0.25, 0.3) is 5.56 Å². The Kier molecular flexibility index (Phi) is 2.41. The number of hydrogen-bond donors (Lipinski definition) is 1. The zero-order valence-corrected chi connectivity index (χ0v) is 10.7. The molecule has 0 bridgehead atoms. The predicted molar refractivity (Wildman–Crippen MR) is 73.1 cm³/mol. The first-order valence-electron chi connectivity index (χ1n) is 5.89. The number of benzene rings is 1. The van der Waals surface area contributed by atoms with Crippen LogP contribution in [0.15, 0.2) is 41.5 Å². The van der Waals surface area contributed by atoms with Gasteiger partial charge in [-0.3, -0.25) is 9.48 Å². The molecule has 0 saturated carbocycles. The second-order valence-electron chi connectivity index (χ2n) is 4.51. The van der Waals surface area contributed by atoms with Crippen LogP contribution in [0.3, 0.4) is 0 Å². The number of nitrogens with zero attached hydrogens (tertiary/aromatic N) is 3. The molecule has 2 heterocycles. The normalized spacial score (nSPS) is 11.1. The third kappa shape index (κ3) is 1.62. The highest BCUT2D eigenvalue weighted by molar-refractivity contribution is 5.97. The first-order valence-corrected chi connectivity index (χ1v) is 5.89. The molecule has 3 rings (SSSR count). The first kappa shape index (κ1) is 11.5. The summed E-state index contributed by atoms with van der Waals surface area (Å²) >= 11 is 0. The van der Waals surface area contributed by atoms with Crippen LogP contribution < -0.4 is 5.56 Å². The van der Waals surface area contributed by atoms with Crippen LogP contribution >= 0.6 is 0 Å². The number of aryl methyl sites for hydroxylation is 2. The van der Waals surface area contributed by atoms with E-state index in [0.717, 1.165) is 16.5 Å². The maximum Gasteiger partial charge on any atom is 0.293 e. The molecule has 0 amide bonds. The van der Waals surface area contributed by atoms with Crippen molar-refractivity contribution in [1.82, 2.24) is 14.3 Å². The molecular formula is C14H13N3O2. The third-order valence-electron chi connectivity index (χ3n) is 3.27. The first-order chi connectivity index (χ1) is 9.09. The summed E-state index contributed by atoms with van der Waals surface area (Å²) in [6, 6.07) is 7.49. The summed E-state index contributed by atoms with van der Waals surface area (Å²) in [7, 11) is 3.45. The molecule has 0 spiro atoms. The summed E-state index contributed by atoms with van der Waals surface area (Å²) in [4.78, 5) is 12.1. The fourth-order valence-electron chi connectivity index (χ4n) is 2.32. The Balaban J connectivity index is 2.51. The standard InChI is InChI=1S/C14H13N3O2/c1-16-8-9(7-15-16)12-10-5-3-4-6-11(10)17(2)14(19)13(12)18/h3-8,18H,1-2H3. The lowest BCUT2D eigenvalue weighted by atomic mass is 10.0. The SMILES string of the molecule is Cn1cc(-c2c(O)c(=O)n(C)c3ccccc23)cn1. The number of aromatic hydroxyl groups is 1. The molecule has 0 aliphatic carbocycles. The molecule has 0 saturated heterocycles. The van der Waals surface area contributed by atoms with E-state index >= 15 is 0 Å². The lowest BCUT2D eigenvalue weighted by Crippen LogP contribution is -2.17. The number of fused-ring (bicyclic) bond motifs is 1. The number of rotatable bonds is 1. The second-order valence-corrected chi connectivity index (χ2v) is 4.51. The molecule has 1 N–H and O–H groups in total. The minimum absolute atomic E-state index is 0.241. The van der Waals surface area contributed by atoms with Crippen LogP contribution in [-0.4, -0.2) is 19.5 Å². The summed E-state index contributed by atoms with van der Waals surface area (Å²) in [5.41, 5.74) is 1.64. The lowest BCUT2D eigenvalue weighted by Gasteiger charge is -2.10. The molecule has 5 heteroatoms. The van der Waals surface area contributed by atoms with Gasteiger partial charge in [-0.1, -0.05) is 18.2 Å². The van der Waals surface area contributed by atoms with Crippen molar-refractivity contribution >= 4 is 10.9 Å². The van der Waals surface area contributed by atoms with Gasteiger partial charge in [0, 0.05) is 36.8 Å². The van der Waals surface area contributed by atoms with Gasteiger partial charge < -0.3 is 9.67 Å². The Bertz CT molecular complexity index is 830. The van der Waals surface area contributed by atoms with Gasteiger partial charge in [-0.15, -0.1) is 0 Å². The minimum atomic E-state index is -0.405. The van der Waals surface area contributed by atoms with E-state index in [1.807, 2.05) is 24.3 Å². The van der Waals surface area contributed by atoms with Gasteiger partial charge in [0.1, 0.15) is 0 Å². The molecule has 0 fully saturated rings. The predicted octanol–water partition coefficient (Wildman–Crippen LogP) is 1.64. The van der Waals surface area contributed by atoms with Crippen molar-refractivity contribution in [2.45, 2.75) is 0 Å². The van der Waals surface area contributed by atoms with Crippen LogP contribution in [0.2, 0.25) is 0 Å². The molecule has 0 aliphatic heterocycles. The van der Waals surface area contributed by atoms with Crippen LogP contribution in [0, 0.1) is 0 Å². The number of aromatic nitrogens is 3. The van der Waals surface area contributed by atoms with Crippen LogP contribution in [0.25, 0.3) is 22.0 Å². The molecule has 5 nitrogen and oxygen atoms in total. The monoisotopic (exact) mass is 255 g/mol. The van der Waals surface area contributed by atoms with E-state index in [-0.39, 0.29) is 5.75 Å². The average molecular weight is 255 g/mol. The molecule has 19 heavy (non-hydrogen) atoms. The quantitative estimate of drug-likeness (QED) is 0.719. The van der Waals surface area contributed by atoms with Crippen LogP contribution in [-0.2, 0) is 14.1 Å². The van der Waals surface area contributed by atoms with Crippen molar-refractivity contribution < 1.29 is 5.11 Å². The maximum absolute atomic E-state index is 12.1. The Morgan fingerprint density at radius 1 is 1.21 bits per heavy atom. The van der Waals surface area contributed by atoms with Crippen molar-refractivity contribution in [3.8, 4) is 16.9 Å². The van der Waals surface area contributed by atoms with Crippen LogP contribution in [0.5, 0.6) is 5.75 Å². The van der Waals surface area contributed by atoms with Crippen molar-refractivity contribution in [3.05, 3.63) is 47.0 Å².